The summed E-state index contributed by atoms with van der Waals surface area (Å²) in [4.78, 5) is 27.3. The number of benzene rings is 2. The van der Waals surface area contributed by atoms with Crippen LogP contribution in [0.1, 0.15) is 15.9 Å². The van der Waals surface area contributed by atoms with Gasteiger partial charge in [-0.25, -0.2) is 0 Å². The Morgan fingerprint density at radius 1 is 1.09 bits per heavy atom. The normalized spacial score (nSPS) is 14.2. The summed E-state index contributed by atoms with van der Waals surface area (Å²) >= 11 is 6.43. The Kier molecular flexibility index (Phi) is 6.67. The zero-order valence-corrected chi connectivity index (χ0v) is 18.9. The van der Waals surface area contributed by atoms with Crippen LogP contribution in [0.25, 0.3) is 11.1 Å². The molecular weight excluding hydrogens is 471 g/mol. The van der Waals surface area contributed by atoms with Gasteiger partial charge in [-0.15, -0.1) is 0 Å². The number of aryl methyl sites for hydroxylation is 1. The quantitative estimate of drug-likeness (QED) is 0.569. The lowest BCUT2D eigenvalue weighted by Gasteiger charge is -2.28. The van der Waals surface area contributed by atoms with Crippen LogP contribution in [0, 0.1) is 0 Å². The highest BCUT2D eigenvalue weighted by Crippen LogP contribution is 2.33. The fraction of sp³-hybridized carbons (Fsp3) is 0.250. The van der Waals surface area contributed by atoms with E-state index in [0.29, 0.717) is 53.8 Å². The number of hydrogen-bond donors (Lipinski definition) is 1. The summed E-state index contributed by atoms with van der Waals surface area (Å²) in [6, 6.07) is 10.7. The summed E-state index contributed by atoms with van der Waals surface area (Å²) in [6.45, 7) is 2.20. The number of nitrogens with zero attached hydrogens (tertiary/aromatic N) is 2. The SMILES string of the molecule is Cn1cc(-c2cc(NC(=O)c3cccc(C(F)(F)F)c3)ccc2Cl)cc(N2CCOCC2)c1=O. The van der Waals surface area contributed by atoms with Crippen LogP contribution in [-0.2, 0) is 18.0 Å². The van der Waals surface area contributed by atoms with E-state index in [2.05, 4.69) is 5.32 Å². The number of halogens is 4. The zero-order valence-electron chi connectivity index (χ0n) is 18.2. The molecule has 0 radical (unpaired) electrons. The van der Waals surface area contributed by atoms with Gasteiger partial charge in [-0.05, 0) is 42.5 Å². The summed E-state index contributed by atoms with van der Waals surface area (Å²) in [7, 11) is 1.64. The first kappa shape index (κ1) is 23.8. The highest BCUT2D eigenvalue weighted by atomic mass is 35.5. The molecule has 3 aromatic rings. The van der Waals surface area contributed by atoms with Crippen LogP contribution in [0.5, 0.6) is 0 Å². The van der Waals surface area contributed by atoms with Gasteiger partial charge >= 0.3 is 6.18 Å². The third kappa shape index (κ3) is 5.10. The van der Waals surface area contributed by atoms with E-state index in [1.807, 2.05) is 4.90 Å². The smallest absolute Gasteiger partial charge is 0.378 e. The predicted molar refractivity (Wildman–Crippen MR) is 125 cm³/mol. The van der Waals surface area contributed by atoms with Gasteiger partial charge in [0.2, 0.25) is 0 Å². The van der Waals surface area contributed by atoms with Gasteiger partial charge in [-0.2, -0.15) is 13.2 Å². The first-order valence-corrected chi connectivity index (χ1v) is 10.8. The topological polar surface area (TPSA) is 63.6 Å². The minimum Gasteiger partial charge on any atom is -0.378 e. The van der Waals surface area contributed by atoms with Crippen molar-refractivity contribution in [1.29, 1.82) is 0 Å². The van der Waals surface area contributed by atoms with E-state index in [-0.39, 0.29) is 11.1 Å². The molecule has 0 saturated carbocycles. The number of anilines is 2. The molecule has 2 heterocycles. The molecule has 0 spiro atoms. The largest absolute Gasteiger partial charge is 0.416 e. The number of nitrogens with one attached hydrogen (secondary N) is 1. The molecule has 2 aromatic carbocycles. The summed E-state index contributed by atoms with van der Waals surface area (Å²) < 4.78 is 45.8. The van der Waals surface area contributed by atoms with Gasteiger partial charge in [0.25, 0.3) is 11.5 Å². The molecule has 0 aliphatic carbocycles. The lowest BCUT2D eigenvalue weighted by atomic mass is 10.1. The van der Waals surface area contributed by atoms with Crippen molar-refractivity contribution in [3.05, 3.63) is 81.2 Å². The van der Waals surface area contributed by atoms with Crippen LogP contribution < -0.4 is 15.8 Å². The minimum atomic E-state index is -4.55. The molecule has 0 atom stereocenters. The molecule has 1 saturated heterocycles. The van der Waals surface area contributed by atoms with Crippen molar-refractivity contribution in [3.63, 3.8) is 0 Å². The number of hydrogen-bond acceptors (Lipinski definition) is 4. The maximum Gasteiger partial charge on any atom is 0.416 e. The Bertz CT molecular complexity index is 1280. The average molecular weight is 492 g/mol. The molecule has 0 unspecified atom stereocenters. The van der Waals surface area contributed by atoms with Crippen molar-refractivity contribution in [2.24, 2.45) is 7.05 Å². The molecule has 6 nitrogen and oxygen atoms in total. The highest BCUT2D eigenvalue weighted by Gasteiger charge is 2.31. The number of carbonyl (C=O) groups is 1. The molecule has 1 fully saturated rings. The van der Waals surface area contributed by atoms with Gasteiger partial charge in [0.1, 0.15) is 5.69 Å². The Hall–Kier alpha value is -3.30. The second-order valence-corrected chi connectivity index (χ2v) is 8.26. The van der Waals surface area contributed by atoms with Crippen molar-refractivity contribution >= 4 is 28.9 Å². The van der Waals surface area contributed by atoms with Crippen LogP contribution in [0.2, 0.25) is 5.02 Å². The van der Waals surface area contributed by atoms with Crippen molar-refractivity contribution in [3.8, 4) is 11.1 Å². The number of amides is 1. The van der Waals surface area contributed by atoms with Crippen molar-refractivity contribution in [2.45, 2.75) is 6.18 Å². The first-order valence-electron chi connectivity index (χ1n) is 10.5. The molecular formula is C24H21ClF3N3O3. The Balaban J connectivity index is 1.65. The van der Waals surface area contributed by atoms with Gasteiger partial charge in [0, 0.05) is 53.7 Å². The zero-order chi connectivity index (χ0) is 24.5. The summed E-state index contributed by atoms with van der Waals surface area (Å²) in [5.41, 5.74) is 0.898. The number of alkyl halides is 3. The Labute approximate surface area is 198 Å². The van der Waals surface area contributed by atoms with E-state index in [4.69, 9.17) is 16.3 Å². The number of aromatic nitrogens is 1. The average Bonchev–Trinajstić information content (AvgIpc) is 2.82. The van der Waals surface area contributed by atoms with Crippen molar-refractivity contribution < 1.29 is 22.7 Å². The third-order valence-corrected chi connectivity index (χ3v) is 5.83. The van der Waals surface area contributed by atoms with E-state index >= 15 is 0 Å². The molecule has 0 bridgehead atoms. The first-order chi connectivity index (χ1) is 16.1. The molecule has 178 valence electrons. The number of carbonyl (C=O) groups excluding carboxylic acids is 1. The molecule has 1 aromatic heterocycles. The monoisotopic (exact) mass is 491 g/mol. The van der Waals surface area contributed by atoms with Crippen LogP contribution in [0.15, 0.2) is 59.5 Å². The minimum absolute atomic E-state index is 0.122. The van der Waals surface area contributed by atoms with Crippen molar-refractivity contribution in [1.82, 2.24) is 4.57 Å². The second-order valence-electron chi connectivity index (χ2n) is 7.86. The highest BCUT2D eigenvalue weighted by molar-refractivity contribution is 6.33. The summed E-state index contributed by atoms with van der Waals surface area (Å²) in [5, 5.41) is 3.01. The molecule has 10 heteroatoms. The second kappa shape index (κ2) is 9.52. The lowest BCUT2D eigenvalue weighted by molar-refractivity contribution is -0.137. The Morgan fingerprint density at radius 3 is 2.53 bits per heavy atom. The van der Waals surface area contributed by atoms with E-state index in [0.717, 1.165) is 12.1 Å². The van der Waals surface area contributed by atoms with Gasteiger partial charge in [0.05, 0.1) is 18.8 Å². The molecule has 1 amide bonds. The molecule has 1 aliphatic heterocycles. The van der Waals surface area contributed by atoms with E-state index in [1.165, 1.54) is 16.7 Å². The van der Waals surface area contributed by atoms with Gasteiger partial charge in [-0.1, -0.05) is 17.7 Å². The third-order valence-electron chi connectivity index (χ3n) is 5.50. The number of morpholine rings is 1. The van der Waals surface area contributed by atoms with Crippen LogP contribution in [0.3, 0.4) is 0 Å². The molecule has 1 aliphatic rings. The fourth-order valence-corrected chi connectivity index (χ4v) is 3.96. The maximum absolute atomic E-state index is 13.0. The van der Waals surface area contributed by atoms with Gasteiger partial charge in [-0.3, -0.25) is 9.59 Å². The van der Waals surface area contributed by atoms with E-state index in [1.54, 1.807) is 37.5 Å². The van der Waals surface area contributed by atoms with E-state index in [9.17, 15) is 22.8 Å². The molecule has 34 heavy (non-hydrogen) atoms. The summed E-state index contributed by atoms with van der Waals surface area (Å²) in [5.74, 6) is -0.686. The van der Waals surface area contributed by atoms with Gasteiger partial charge in [0.15, 0.2) is 0 Å². The fourth-order valence-electron chi connectivity index (χ4n) is 3.74. The van der Waals surface area contributed by atoms with Crippen LogP contribution >= 0.6 is 11.6 Å². The Morgan fingerprint density at radius 2 is 1.82 bits per heavy atom. The number of rotatable bonds is 4. The number of pyridine rings is 1. The standard InChI is InChI=1S/C24H21ClF3N3O3/c1-30-14-16(12-21(23(30)33)31-7-9-34-10-8-31)19-13-18(5-6-20(19)25)29-22(32)15-3-2-4-17(11-15)24(26,27)28/h2-6,11-14H,7-10H2,1H3,(H,29,32). The molecule has 1 N–H and O–H groups in total. The molecule has 4 rings (SSSR count). The number of ether oxygens (including phenoxy) is 1. The van der Waals surface area contributed by atoms with Crippen molar-refractivity contribution in [2.75, 3.05) is 36.5 Å². The van der Waals surface area contributed by atoms with E-state index < -0.39 is 17.6 Å². The predicted octanol–water partition coefficient (Wildman–Crippen LogP) is 4.81. The van der Waals surface area contributed by atoms with Crippen LogP contribution in [-0.4, -0.2) is 36.8 Å². The van der Waals surface area contributed by atoms with Crippen LogP contribution in [0.4, 0.5) is 24.5 Å². The maximum atomic E-state index is 13.0. The summed E-state index contributed by atoms with van der Waals surface area (Å²) in [6.07, 6.45) is -2.91. The van der Waals surface area contributed by atoms with Gasteiger partial charge < -0.3 is 19.5 Å². The lowest BCUT2D eigenvalue weighted by Crippen LogP contribution is -2.40.